The van der Waals surface area contributed by atoms with Crippen molar-refractivity contribution in [2.75, 3.05) is 22.9 Å². The summed E-state index contributed by atoms with van der Waals surface area (Å²) in [5.74, 6) is 0. The maximum atomic E-state index is 5.67. The second-order valence-corrected chi connectivity index (χ2v) is 21.4. The first-order chi connectivity index (χ1) is 25.1. The summed E-state index contributed by atoms with van der Waals surface area (Å²) in [6.07, 6.45) is 0. The normalized spacial score (nSPS) is 12.4. The molecule has 0 spiro atoms. The van der Waals surface area contributed by atoms with Crippen molar-refractivity contribution < 1.29 is 13.5 Å². The molecule has 6 aromatic carbocycles. The van der Waals surface area contributed by atoms with Crippen molar-refractivity contribution in [2.45, 2.75) is 41.5 Å². The van der Waals surface area contributed by atoms with Crippen LogP contribution in [0.1, 0.15) is 38.9 Å². The molecule has 0 N–H and O–H groups in total. The van der Waals surface area contributed by atoms with E-state index in [9.17, 15) is 0 Å². The zero-order chi connectivity index (χ0) is 37.0. The Morgan fingerprint density at radius 1 is 0.500 bits per heavy atom. The van der Waals surface area contributed by atoms with Crippen molar-refractivity contribution in [3.05, 3.63) is 191 Å². The van der Waals surface area contributed by atoms with Crippen LogP contribution in [-0.2, 0) is 13.5 Å². The fourth-order valence-corrected chi connectivity index (χ4v) is 11.4. The van der Waals surface area contributed by atoms with Gasteiger partial charge in [0.1, 0.15) is 15.9 Å². The summed E-state index contributed by atoms with van der Waals surface area (Å²) in [6.45, 7) is 17.6. The topological polar surface area (TPSA) is 6.48 Å². The van der Waals surface area contributed by atoms with Crippen LogP contribution >= 0.6 is 27.3 Å². The van der Waals surface area contributed by atoms with E-state index in [1.807, 2.05) is 34.9 Å². The van der Waals surface area contributed by atoms with Crippen molar-refractivity contribution in [1.29, 1.82) is 0 Å². The fourth-order valence-electron chi connectivity index (χ4n) is 7.01. The number of hydrogen-bond acceptors (Lipinski definition) is 2. The number of benzene rings is 6. The van der Waals surface area contributed by atoms with Crippen molar-refractivity contribution in [3.63, 3.8) is 0 Å². The maximum Gasteiger partial charge on any atom is 0.102 e. The minimum Gasteiger partial charge on any atom is -0.0620 e. The Hall–Kier alpha value is -3.58. The van der Waals surface area contributed by atoms with Crippen molar-refractivity contribution in [2.24, 2.45) is 0 Å². The maximum absolute atomic E-state index is 5.67. The summed E-state index contributed by atoms with van der Waals surface area (Å²) in [5.41, 5.74) is 12.0. The Labute approximate surface area is 326 Å². The summed E-state index contributed by atoms with van der Waals surface area (Å²) in [6, 6.07) is 51.5. The molecule has 1 saturated heterocycles. The van der Waals surface area contributed by atoms with Gasteiger partial charge in [0.25, 0.3) is 0 Å². The van der Waals surface area contributed by atoms with Crippen molar-refractivity contribution in [1.82, 2.24) is 0 Å². The van der Waals surface area contributed by atoms with Gasteiger partial charge in [-0.1, -0.05) is 90.0 Å². The van der Waals surface area contributed by atoms with Crippen LogP contribution in [0.5, 0.6) is 0 Å². The molecule has 1 heterocycles. The third-order valence-corrected chi connectivity index (χ3v) is 13.5. The Bertz CT molecular complexity index is 1850. The van der Waals surface area contributed by atoms with Gasteiger partial charge in [0.15, 0.2) is 0 Å². The van der Waals surface area contributed by atoms with E-state index < -0.39 is 21.4 Å². The predicted molar refractivity (Wildman–Crippen MR) is 230 cm³/mol. The smallest absolute Gasteiger partial charge is 0.0620 e. The molecule has 270 valence electrons. The SMILES string of the molecule is Cc1cc(C)c(N2[CH-]N(c3c(C)cc(C)cc3C)CC2)c(C)c1.[Cl][Ru]([Cl])=[CH]c1ccccc1.c1ccc([PH+](c2ccccc2)c2ccccc2)cc1. The van der Waals surface area contributed by atoms with Crippen LogP contribution in [0.4, 0.5) is 11.4 Å². The van der Waals surface area contributed by atoms with Crippen LogP contribution in [0.2, 0.25) is 0 Å². The molecule has 7 rings (SSSR count). The van der Waals surface area contributed by atoms with Gasteiger partial charge in [-0.05, 0) is 100 Å². The molecule has 0 saturated carbocycles. The first-order valence-electron chi connectivity index (χ1n) is 17.6. The number of rotatable bonds is 6. The average Bonchev–Trinajstić information content (AvgIpc) is 3.58. The Morgan fingerprint density at radius 3 is 1.12 bits per heavy atom. The molecule has 0 radical (unpaired) electrons. The molecule has 0 aromatic heterocycles. The van der Waals surface area contributed by atoms with E-state index in [-0.39, 0.29) is 0 Å². The second kappa shape index (κ2) is 19.5. The van der Waals surface area contributed by atoms with Crippen LogP contribution in [0.15, 0.2) is 146 Å². The minimum atomic E-state index is -1.61. The molecule has 0 atom stereocenters. The quantitative estimate of drug-likeness (QED) is 0.0937. The molecular formula is C46H49Cl2N2PRu. The summed E-state index contributed by atoms with van der Waals surface area (Å²) in [4.78, 5) is 4.81. The van der Waals surface area contributed by atoms with Gasteiger partial charge in [0.05, 0.1) is 7.92 Å². The van der Waals surface area contributed by atoms with Gasteiger partial charge in [-0.25, -0.2) is 0 Å². The first-order valence-corrected chi connectivity index (χ1v) is 24.5. The predicted octanol–water partition coefficient (Wildman–Crippen LogP) is 10.9. The Kier molecular flexibility index (Phi) is 14.8. The van der Waals surface area contributed by atoms with Crippen LogP contribution < -0.4 is 25.7 Å². The van der Waals surface area contributed by atoms with E-state index >= 15 is 0 Å². The first kappa shape index (κ1) is 39.6. The standard InChI is InChI=1S/C21H27N2.C18H15P.C7H6.2ClH.Ru/c1-14-9-16(3)20(17(4)10-14)22-7-8-23(13-22)21-18(5)11-15(2)12-19(21)6;1-4-10-16(11-5-1)19(17-12-6-2-7-13-17)18-14-8-3-9-15-18;1-7-5-3-2-4-6-7;;;/h9-13H,7-8H2,1-6H3;1-15H;1-6H;2*1H;/q-1;;;;;+2/p-1. The van der Waals surface area contributed by atoms with Gasteiger partial charge in [-0.3, -0.25) is 0 Å². The number of hydrogen-bond donors (Lipinski definition) is 0. The molecule has 0 amide bonds. The van der Waals surface area contributed by atoms with Crippen LogP contribution in [0.25, 0.3) is 0 Å². The largest absolute Gasteiger partial charge is 0.102 e. The number of nitrogens with zero attached hydrogens (tertiary/aromatic N) is 2. The van der Waals surface area contributed by atoms with E-state index in [1.165, 1.54) is 60.7 Å². The molecule has 1 aliphatic heterocycles. The zero-order valence-electron chi connectivity index (χ0n) is 30.9. The van der Waals surface area contributed by atoms with E-state index in [1.54, 1.807) is 0 Å². The minimum absolute atomic E-state index is 0.877. The molecule has 0 aliphatic carbocycles. The molecular weight excluding hydrogens is 783 g/mol. The van der Waals surface area contributed by atoms with Gasteiger partial charge in [0, 0.05) is 24.5 Å². The van der Waals surface area contributed by atoms with Crippen molar-refractivity contribution in [3.8, 4) is 0 Å². The summed E-state index contributed by atoms with van der Waals surface area (Å²) in [7, 11) is 10.5. The average molecular weight is 833 g/mol. The Balaban J connectivity index is 0.000000162. The monoisotopic (exact) mass is 832 g/mol. The zero-order valence-corrected chi connectivity index (χ0v) is 35.2. The van der Waals surface area contributed by atoms with Crippen LogP contribution in [0.3, 0.4) is 0 Å². The molecule has 52 heavy (non-hydrogen) atoms. The number of halogens is 2. The number of aryl methyl sites for hydroxylation is 6. The summed E-state index contributed by atoms with van der Waals surface area (Å²) < 4.78 is 1.92. The fraction of sp³-hybridized carbons (Fsp3) is 0.174. The second-order valence-electron chi connectivity index (χ2n) is 13.2. The van der Waals surface area contributed by atoms with Crippen molar-refractivity contribution >= 4 is 59.2 Å². The number of anilines is 2. The third kappa shape index (κ3) is 11.0. The van der Waals surface area contributed by atoms with Gasteiger partial charge >= 0.3 is 73.4 Å². The molecule has 1 aliphatic rings. The Morgan fingerprint density at radius 2 is 0.808 bits per heavy atom. The summed E-state index contributed by atoms with van der Waals surface area (Å²) in [5, 5.41) is 4.31. The summed E-state index contributed by atoms with van der Waals surface area (Å²) >= 11 is -1.61. The van der Waals surface area contributed by atoms with Gasteiger partial charge in [0.2, 0.25) is 0 Å². The van der Waals surface area contributed by atoms with Gasteiger partial charge in [-0.15, -0.1) is 0 Å². The molecule has 0 unspecified atom stereocenters. The molecule has 2 nitrogen and oxygen atoms in total. The van der Waals surface area contributed by atoms with E-state index in [4.69, 9.17) is 19.4 Å². The molecule has 6 heteroatoms. The van der Waals surface area contributed by atoms with E-state index in [0.717, 1.165) is 18.7 Å². The van der Waals surface area contributed by atoms with Crippen LogP contribution in [-0.4, -0.2) is 17.7 Å². The third-order valence-electron chi connectivity index (χ3n) is 8.89. The van der Waals surface area contributed by atoms with E-state index in [0.29, 0.717) is 0 Å². The molecule has 1 fully saturated rings. The molecule has 0 bridgehead atoms. The molecule has 6 aromatic rings. The van der Waals surface area contributed by atoms with Crippen LogP contribution in [0, 0.1) is 48.2 Å². The van der Waals surface area contributed by atoms with E-state index in [2.05, 4.69) is 173 Å². The van der Waals surface area contributed by atoms with Gasteiger partial charge < -0.3 is 9.80 Å². The van der Waals surface area contributed by atoms with Gasteiger partial charge in [-0.2, -0.15) is 6.67 Å².